The van der Waals surface area contributed by atoms with Crippen molar-refractivity contribution in [1.82, 2.24) is 19.5 Å². The highest BCUT2D eigenvalue weighted by Crippen LogP contribution is 2.31. The predicted molar refractivity (Wildman–Crippen MR) is 71.8 cm³/mol. The number of aliphatic hydroxyl groups excluding tert-OH is 3. The van der Waals surface area contributed by atoms with Gasteiger partial charge in [-0.15, -0.1) is 0 Å². The lowest BCUT2D eigenvalue weighted by atomic mass is 9.99. The van der Waals surface area contributed by atoms with Crippen LogP contribution < -0.4 is 11.5 Å². The predicted octanol–water partition coefficient (Wildman–Crippen LogP) is -2.01. The third-order valence-electron chi connectivity index (χ3n) is 3.57. The van der Waals surface area contributed by atoms with Gasteiger partial charge in [0, 0.05) is 0 Å². The van der Waals surface area contributed by atoms with Gasteiger partial charge < -0.3 is 31.5 Å². The largest absolute Gasteiger partial charge is 0.388 e. The summed E-state index contributed by atoms with van der Waals surface area (Å²) in [5.41, 5.74) is 11.9. The SMILES string of the molecule is CC1OC(n2cnc3c(N)nc(N)nc32)C(O)C(O)C1O. The lowest BCUT2D eigenvalue weighted by molar-refractivity contribution is -0.239. The minimum atomic E-state index is -1.36. The Labute approximate surface area is 119 Å². The third kappa shape index (κ3) is 2.08. The van der Waals surface area contributed by atoms with Gasteiger partial charge >= 0.3 is 0 Å². The molecule has 0 aromatic carbocycles. The molecule has 0 aliphatic carbocycles. The maximum absolute atomic E-state index is 10.1. The lowest BCUT2D eigenvalue weighted by Crippen LogP contribution is -2.54. The molecule has 10 heteroatoms. The second kappa shape index (κ2) is 4.77. The summed E-state index contributed by atoms with van der Waals surface area (Å²) in [6, 6.07) is 0. The van der Waals surface area contributed by atoms with Crippen LogP contribution in [-0.4, -0.2) is 59.3 Å². The van der Waals surface area contributed by atoms with Crippen molar-refractivity contribution in [2.24, 2.45) is 0 Å². The Morgan fingerprint density at radius 2 is 1.86 bits per heavy atom. The summed E-state index contributed by atoms with van der Waals surface area (Å²) in [5.74, 6) is 0.0656. The molecule has 1 aliphatic rings. The van der Waals surface area contributed by atoms with Crippen molar-refractivity contribution in [2.45, 2.75) is 37.6 Å². The van der Waals surface area contributed by atoms with Gasteiger partial charge in [-0.2, -0.15) is 9.97 Å². The number of ether oxygens (including phenoxy) is 1. The lowest BCUT2D eigenvalue weighted by Gasteiger charge is -2.39. The average Bonchev–Trinajstić information content (AvgIpc) is 2.84. The molecule has 114 valence electrons. The van der Waals surface area contributed by atoms with Crippen molar-refractivity contribution in [3.05, 3.63) is 6.33 Å². The molecule has 3 rings (SSSR count). The molecule has 0 bridgehead atoms. The first kappa shape index (κ1) is 13.9. The number of hydrogen-bond acceptors (Lipinski definition) is 9. The fraction of sp³-hybridized carbons (Fsp3) is 0.545. The number of aromatic nitrogens is 4. The molecule has 0 amide bonds. The molecule has 0 saturated carbocycles. The van der Waals surface area contributed by atoms with E-state index in [1.54, 1.807) is 6.92 Å². The second-order valence-electron chi connectivity index (χ2n) is 4.99. The zero-order valence-electron chi connectivity index (χ0n) is 11.2. The number of hydrogen-bond donors (Lipinski definition) is 5. The van der Waals surface area contributed by atoms with Crippen molar-refractivity contribution in [2.75, 3.05) is 11.5 Å². The molecule has 10 nitrogen and oxygen atoms in total. The van der Waals surface area contributed by atoms with E-state index in [-0.39, 0.29) is 17.4 Å². The van der Waals surface area contributed by atoms with E-state index in [0.29, 0.717) is 5.52 Å². The van der Waals surface area contributed by atoms with Gasteiger partial charge in [-0.25, -0.2) is 4.98 Å². The van der Waals surface area contributed by atoms with E-state index in [1.807, 2.05) is 0 Å². The Kier molecular flexibility index (Phi) is 3.17. The molecule has 21 heavy (non-hydrogen) atoms. The van der Waals surface area contributed by atoms with Crippen molar-refractivity contribution in [3.63, 3.8) is 0 Å². The highest BCUT2D eigenvalue weighted by atomic mass is 16.5. The normalized spacial score (nSPS) is 33.4. The Hall–Kier alpha value is -2.01. The number of nitrogens with zero attached hydrogens (tertiary/aromatic N) is 4. The van der Waals surface area contributed by atoms with Gasteiger partial charge in [-0.1, -0.05) is 0 Å². The molecule has 1 aliphatic heterocycles. The molecular formula is C11H16N6O4. The maximum atomic E-state index is 10.1. The zero-order chi connectivity index (χ0) is 15.3. The molecule has 0 spiro atoms. The van der Waals surface area contributed by atoms with Crippen LogP contribution >= 0.6 is 0 Å². The van der Waals surface area contributed by atoms with E-state index in [1.165, 1.54) is 10.9 Å². The number of nitrogens with two attached hydrogens (primary N) is 2. The van der Waals surface area contributed by atoms with Gasteiger partial charge in [0.1, 0.15) is 23.8 Å². The first-order chi connectivity index (χ1) is 9.90. The molecule has 3 heterocycles. The smallest absolute Gasteiger partial charge is 0.224 e. The quantitative estimate of drug-likeness (QED) is 0.399. The van der Waals surface area contributed by atoms with Crippen LogP contribution in [0.5, 0.6) is 0 Å². The highest BCUT2D eigenvalue weighted by Gasteiger charge is 2.43. The summed E-state index contributed by atoms with van der Waals surface area (Å²) in [4.78, 5) is 11.9. The minimum absolute atomic E-state index is 0.0410. The Morgan fingerprint density at radius 3 is 2.57 bits per heavy atom. The summed E-state index contributed by atoms with van der Waals surface area (Å²) in [6.07, 6.45) is -4.19. The summed E-state index contributed by atoms with van der Waals surface area (Å²) in [5, 5.41) is 29.7. The molecule has 1 fully saturated rings. The first-order valence-electron chi connectivity index (χ1n) is 6.35. The number of nitrogen functional groups attached to an aromatic ring is 2. The van der Waals surface area contributed by atoms with Crippen LogP contribution in [0.4, 0.5) is 11.8 Å². The van der Waals surface area contributed by atoms with E-state index in [0.717, 1.165) is 0 Å². The van der Waals surface area contributed by atoms with Crippen LogP contribution in [-0.2, 0) is 4.74 Å². The van der Waals surface area contributed by atoms with Crippen LogP contribution in [0, 0.1) is 0 Å². The Balaban J connectivity index is 2.08. The van der Waals surface area contributed by atoms with Gasteiger partial charge in [0.25, 0.3) is 0 Å². The molecule has 2 aromatic heterocycles. The number of anilines is 2. The third-order valence-corrected chi connectivity index (χ3v) is 3.57. The van der Waals surface area contributed by atoms with Crippen molar-refractivity contribution >= 4 is 22.9 Å². The van der Waals surface area contributed by atoms with Gasteiger partial charge in [0.2, 0.25) is 5.95 Å². The molecule has 5 unspecified atom stereocenters. The zero-order valence-corrected chi connectivity index (χ0v) is 11.2. The number of fused-ring (bicyclic) bond motifs is 1. The summed E-state index contributed by atoms with van der Waals surface area (Å²) in [6.45, 7) is 1.59. The number of rotatable bonds is 1. The van der Waals surface area contributed by atoms with Crippen LogP contribution in [0.2, 0.25) is 0 Å². The Morgan fingerprint density at radius 1 is 1.14 bits per heavy atom. The van der Waals surface area contributed by atoms with Gasteiger partial charge in [-0.3, -0.25) is 4.57 Å². The fourth-order valence-electron chi connectivity index (χ4n) is 2.40. The van der Waals surface area contributed by atoms with E-state index in [2.05, 4.69) is 15.0 Å². The summed E-state index contributed by atoms with van der Waals surface area (Å²) < 4.78 is 6.94. The molecule has 1 saturated heterocycles. The van der Waals surface area contributed by atoms with E-state index >= 15 is 0 Å². The molecular weight excluding hydrogens is 280 g/mol. The second-order valence-corrected chi connectivity index (χ2v) is 4.99. The molecule has 0 radical (unpaired) electrons. The van der Waals surface area contributed by atoms with Crippen molar-refractivity contribution in [1.29, 1.82) is 0 Å². The van der Waals surface area contributed by atoms with Crippen LogP contribution in [0.1, 0.15) is 13.2 Å². The number of aliphatic hydroxyl groups is 3. The summed E-state index contributed by atoms with van der Waals surface area (Å²) >= 11 is 0. The highest BCUT2D eigenvalue weighted by molar-refractivity contribution is 5.82. The minimum Gasteiger partial charge on any atom is -0.388 e. The molecule has 5 atom stereocenters. The topological polar surface area (TPSA) is 166 Å². The van der Waals surface area contributed by atoms with Gasteiger partial charge in [-0.05, 0) is 6.92 Å². The van der Waals surface area contributed by atoms with Crippen molar-refractivity contribution < 1.29 is 20.1 Å². The molecule has 7 N–H and O–H groups in total. The maximum Gasteiger partial charge on any atom is 0.224 e. The standard InChI is InChI=1S/C11H16N6O4/c1-3-5(18)6(19)7(20)10(21-3)17-2-14-4-8(12)15-11(13)16-9(4)17/h2-3,5-7,10,18-20H,1H3,(H4,12,13,15,16). The van der Waals surface area contributed by atoms with Crippen LogP contribution in [0.25, 0.3) is 11.2 Å². The van der Waals surface area contributed by atoms with Crippen LogP contribution in [0.3, 0.4) is 0 Å². The Bertz CT molecular complexity index is 676. The fourth-order valence-corrected chi connectivity index (χ4v) is 2.40. The summed E-state index contributed by atoms with van der Waals surface area (Å²) in [7, 11) is 0. The van der Waals surface area contributed by atoms with Gasteiger partial charge in [0.15, 0.2) is 17.7 Å². The van der Waals surface area contributed by atoms with E-state index in [9.17, 15) is 15.3 Å². The van der Waals surface area contributed by atoms with Crippen LogP contribution in [0.15, 0.2) is 6.33 Å². The van der Waals surface area contributed by atoms with Gasteiger partial charge in [0.05, 0.1) is 12.4 Å². The average molecular weight is 296 g/mol. The van der Waals surface area contributed by atoms with Crippen molar-refractivity contribution in [3.8, 4) is 0 Å². The van der Waals surface area contributed by atoms with E-state index < -0.39 is 30.6 Å². The monoisotopic (exact) mass is 296 g/mol. The first-order valence-corrected chi connectivity index (χ1v) is 6.35. The van der Waals surface area contributed by atoms with E-state index in [4.69, 9.17) is 16.2 Å². The molecule has 2 aromatic rings. The number of imidazole rings is 1.